The highest BCUT2D eigenvalue weighted by Crippen LogP contribution is 2.29. The SMILES string of the molecule is Cc1ccc(CN(C(=O)C(N)CCC(=O)O)C2CC2)o1. The Kier molecular flexibility index (Phi) is 4.44. The number of hydrogen-bond acceptors (Lipinski definition) is 4. The zero-order valence-corrected chi connectivity index (χ0v) is 11.5. The molecule has 2 rings (SSSR count). The molecule has 0 aromatic carbocycles. The summed E-state index contributed by atoms with van der Waals surface area (Å²) in [5, 5.41) is 8.65. The Balaban J connectivity index is 1.97. The van der Waals surface area contributed by atoms with Gasteiger partial charge < -0.3 is 20.2 Å². The molecule has 1 aromatic rings. The second-order valence-electron chi connectivity index (χ2n) is 5.25. The van der Waals surface area contributed by atoms with Gasteiger partial charge in [0.1, 0.15) is 11.5 Å². The van der Waals surface area contributed by atoms with Gasteiger partial charge in [0, 0.05) is 12.5 Å². The number of hydrogen-bond donors (Lipinski definition) is 2. The molecule has 1 aromatic heterocycles. The molecular formula is C14H20N2O4. The van der Waals surface area contributed by atoms with Gasteiger partial charge in [0.05, 0.1) is 12.6 Å². The van der Waals surface area contributed by atoms with Crippen LogP contribution in [0.2, 0.25) is 0 Å². The average molecular weight is 280 g/mol. The summed E-state index contributed by atoms with van der Waals surface area (Å²) in [6, 6.07) is 3.15. The van der Waals surface area contributed by atoms with Crippen molar-refractivity contribution >= 4 is 11.9 Å². The van der Waals surface area contributed by atoms with Gasteiger partial charge in [-0.05, 0) is 38.3 Å². The number of nitrogens with zero attached hydrogens (tertiary/aromatic N) is 1. The van der Waals surface area contributed by atoms with Gasteiger partial charge in [-0.15, -0.1) is 0 Å². The fourth-order valence-electron chi connectivity index (χ4n) is 2.13. The van der Waals surface area contributed by atoms with Crippen molar-refractivity contribution in [1.82, 2.24) is 4.90 Å². The van der Waals surface area contributed by atoms with Gasteiger partial charge in [0.15, 0.2) is 0 Å². The zero-order valence-electron chi connectivity index (χ0n) is 11.5. The maximum absolute atomic E-state index is 12.3. The molecule has 110 valence electrons. The van der Waals surface area contributed by atoms with Gasteiger partial charge >= 0.3 is 5.97 Å². The number of nitrogens with two attached hydrogens (primary N) is 1. The molecule has 1 unspecified atom stereocenters. The van der Waals surface area contributed by atoms with Crippen molar-refractivity contribution in [2.75, 3.05) is 0 Å². The Morgan fingerprint density at radius 1 is 1.50 bits per heavy atom. The summed E-state index contributed by atoms with van der Waals surface area (Å²) in [4.78, 5) is 24.6. The third kappa shape index (κ3) is 3.84. The molecule has 0 bridgehead atoms. The number of carboxylic acid groups (broad SMARTS) is 1. The van der Waals surface area contributed by atoms with Crippen LogP contribution in [0.4, 0.5) is 0 Å². The molecule has 20 heavy (non-hydrogen) atoms. The summed E-state index contributed by atoms with van der Waals surface area (Å²) < 4.78 is 5.49. The Morgan fingerprint density at radius 3 is 2.70 bits per heavy atom. The maximum atomic E-state index is 12.3. The van der Waals surface area contributed by atoms with E-state index in [-0.39, 0.29) is 24.8 Å². The lowest BCUT2D eigenvalue weighted by Crippen LogP contribution is -2.44. The molecule has 3 N–H and O–H groups in total. The highest BCUT2D eigenvalue weighted by Gasteiger charge is 2.35. The number of carbonyl (C=O) groups excluding carboxylic acids is 1. The van der Waals surface area contributed by atoms with E-state index in [1.807, 2.05) is 19.1 Å². The number of amides is 1. The molecule has 0 radical (unpaired) electrons. The highest BCUT2D eigenvalue weighted by molar-refractivity contribution is 5.82. The number of carbonyl (C=O) groups is 2. The van der Waals surface area contributed by atoms with Gasteiger partial charge in [-0.25, -0.2) is 0 Å². The van der Waals surface area contributed by atoms with Crippen molar-refractivity contribution in [3.8, 4) is 0 Å². The lowest BCUT2D eigenvalue weighted by molar-refractivity contribution is -0.138. The molecule has 1 aliphatic carbocycles. The van der Waals surface area contributed by atoms with Crippen molar-refractivity contribution in [2.24, 2.45) is 5.73 Å². The molecule has 1 amide bonds. The number of aryl methyl sites for hydroxylation is 1. The van der Waals surface area contributed by atoms with Crippen molar-refractivity contribution < 1.29 is 19.1 Å². The minimum Gasteiger partial charge on any atom is -0.481 e. The van der Waals surface area contributed by atoms with Crippen LogP contribution in [-0.2, 0) is 16.1 Å². The first-order valence-corrected chi connectivity index (χ1v) is 6.80. The predicted molar refractivity (Wildman–Crippen MR) is 71.9 cm³/mol. The summed E-state index contributed by atoms with van der Waals surface area (Å²) >= 11 is 0. The average Bonchev–Trinajstić information content (AvgIpc) is 3.15. The molecule has 0 saturated heterocycles. The van der Waals surface area contributed by atoms with Crippen LogP contribution in [0.1, 0.15) is 37.2 Å². The standard InChI is InChI=1S/C14H20N2O4/c1-9-2-5-11(20-9)8-16(10-3-4-10)14(19)12(15)6-7-13(17)18/h2,5,10,12H,3-4,6-8,15H2,1H3,(H,17,18). The summed E-state index contributed by atoms with van der Waals surface area (Å²) in [6.07, 6.45) is 2.01. The first-order valence-electron chi connectivity index (χ1n) is 6.80. The summed E-state index contributed by atoms with van der Waals surface area (Å²) in [5.74, 6) is 0.405. The van der Waals surface area contributed by atoms with Gasteiger partial charge in [-0.1, -0.05) is 0 Å². The van der Waals surface area contributed by atoms with Crippen LogP contribution >= 0.6 is 0 Å². The second kappa shape index (κ2) is 6.09. The van der Waals surface area contributed by atoms with Gasteiger partial charge in [0.25, 0.3) is 0 Å². The van der Waals surface area contributed by atoms with E-state index < -0.39 is 12.0 Å². The third-order valence-corrected chi connectivity index (χ3v) is 3.38. The van der Waals surface area contributed by atoms with E-state index in [2.05, 4.69) is 0 Å². The van der Waals surface area contributed by atoms with E-state index in [9.17, 15) is 9.59 Å². The third-order valence-electron chi connectivity index (χ3n) is 3.38. The second-order valence-corrected chi connectivity index (χ2v) is 5.25. The summed E-state index contributed by atoms with van der Waals surface area (Å²) in [7, 11) is 0. The Bertz CT molecular complexity index is 493. The fourth-order valence-corrected chi connectivity index (χ4v) is 2.13. The monoisotopic (exact) mass is 280 g/mol. The van der Waals surface area contributed by atoms with Crippen molar-refractivity contribution in [1.29, 1.82) is 0 Å². The van der Waals surface area contributed by atoms with Crippen LogP contribution in [-0.4, -0.2) is 34.0 Å². The van der Waals surface area contributed by atoms with Crippen LogP contribution in [0.15, 0.2) is 16.5 Å². The minimum atomic E-state index is -0.937. The van der Waals surface area contributed by atoms with E-state index >= 15 is 0 Å². The van der Waals surface area contributed by atoms with Crippen LogP contribution in [0.5, 0.6) is 0 Å². The molecule has 1 fully saturated rings. The normalized spacial score (nSPS) is 15.9. The maximum Gasteiger partial charge on any atom is 0.303 e. The van der Waals surface area contributed by atoms with Crippen LogP contribution in [0, 0.1) is 6.92 Å². The van der Waals surface area contributed by atoms with Gasteiger partial charge in [-0.3, -0.25) is 9.59 Å². The number of furan rings is 1. The number of aliphatic carboxylic acids is 1. The summed E-state index contributed by atoms with van der Waals surface area (Å²) in [5.41, 5.74) is 5.81. The Hall–Kier alpha value is -1.82. The quantitative estimate of drug-likeness (QED) is 0.784. The fraction of sp³-hybridized carbons (Fsp3) is 0.571. The van der Waals surface area contributed by atoms with E-state index in [0.29, 0.717) is 6.54 Å². The van der Waals surface area contributed by atoms with Crippen LogP contribution in [0.3, 0.4) is 0 Å². The van der Waals surface area contributed by atoms with E-state index in [4.69, 9.17) is 15.3 Å². The van der Waals surface area contributed by atoms with Crippen molar-refractivity contribution in [3.05, 3.63) is 23.7 Å². The molecule has 1 atom stereocenters. The Labute approximate surface area is 117 Å². The highest BCUT2D eigenvalue weighted by atomic mass is 16.4. The summed E-state index contributed by atoms with van der Waals surface area (Å²) in [6.45, 7) is 2.25. The number of carboxylic acids is 1. The van der Waals surface area contributed by atoms with Gasteiger partial charge in [0.2, 0.25) is 5.91 Å². The number of rotatable bonds is 7. The van der Waals surface area contributed by atoms with Gasteiger partial charge in [-0.2, -0.15) is 0 Å². The van der Waals surface area contributed by atoms with E-state index in [0.717, 1.165) is 24.4 Å². The largest absolute Gasteiger partial charge is 0.481 e. The molecule has 1 saturated carbocycles. The topological polar surface area (TPSA) is 96.8 Å². The lowest BCUT2D eigenvalue weighted by atomic mass is 10.1. The molecule has 1 heterocycles. The first-order chi connectivity index (χ1) is 9.47. The molecule has 0 spiro atoms. The van der Waals surface area contributed by atoms with Crippen molar-refractivity contribution in [2.45, 2.75) is 51.2 Å². The van der Waals surface area contributed by atoms with Crippen molar-refractivity contribution in [3.63, 3.8) is 0 Å². The van der Waals surface area contributed by atoms with E-state index in [1.54, 1.807) is 4.90 Å². The Morgan fingerprint density at radius 2 is 2.20 bits per heavy atom. The molecular weight excluding hydrogens is 260 g/mol. The zero-order chi connectivity index (χ0) is 14.7. The van der Waals surface area contributed by atoms with Crippen LogP contribution < -0.4 is 5.73 Å². The molecule has 6 nitrogen and oxygen atoms in total. The molecule has 1 aliphatic rings. The predicted octanol–water partition coefficient (Wildman–Crippen LogP) is 1.27. The molecule has 6 heteroatoms. The van der Waals surface area contributed by atoms with E-state index in [1.165, 1.54) is 0 Å². The first kappa shape index (κ1) is 14.6. The molecule has 0 aliphatic heterocycles. The minimum absolute atomic E-state index is 0.0920. The lowest BCUT2D eigenvalue weighted by Gasteiger charge is -2.24. The van der Waals surface area contributed by atoms with Crippen LogP contribution in [0.25, 0.3) is 0 Å². The smallest absolute Gasteiger partial charge is 0.303 e.